The first kappa shape index (κ1) is 12.8. The monoisotopic (exact) mass is 276 g/mol. The van der Waals surface area contributed by atoms with E-state index in [4.69, 9.17) is 4.42 Å². The highest BCUT2D eigenvalue weighted by molar-refractivity contribution is 5.75. The van der Waals surface area contributed by atoms with Crippen molar-refractivity contribution in [1.82, 2.24) is 20.2 Å². The fourth-order valence-electron chi connectivity index (χ4n) is 2.85. The summed E-state index contributed by atoms with van der Waals surface area (Å²) in [5.41, 5.74) is 0.168. The average Bonchev–Trinajstić information content (AvgIpc) is 3.11. The maximum atomic E-state index is 11.6. The number of carboxylic acids is 1. The SMILES string of the molecule is Cc1ccoc1-c1nnnn1CC1(C(=O)O)CCCC1. The topological polar surface area (TPSA) is 94.0 Å². The summed E-state index contributed by atoms with van der Waals surface area (Å²) in [4.78, 5) is 11.6. The molecule has 20 heavy (non-hydrogen) atoms. The van der Waals surface area contributed by atoms with Crippen LogP contribution in [0.1, 0.15) is 31.2 Å². The number of hydrogen-bond acceptors (Lipinski definition) is 5. The van der Waals surface area contributed by atoms with Crippen LogP contribution >= 0.6 is 0 Å². The Morgan fingerprint density at radius 2 is 2.25 bits per heavy atom. The zero-order valence-corrected chi connectivity index (χ0v) is 11.2. The fourth-order valence-corrected chi connectivity index (χ4v) is 2.85. The standard InChI is InChI=1S/C13H16N4O3/c1-9-4-7-20-10(9)11-14-15-16-17(11)8-13(12(18)19)5-2-3-6-13/h4,7H,2-3,5-6,8H2,1H3,(H,18,19). The second kappa shape index (κ2) is 4.73. The van der Waals surface area contributed by atoms with Crippen LogP contribution < -0.4 is 0 Å². The number of carboxylic acid groups (broad SMARTS) is 1. The molecule has 0 aliphatic heterocycles. The van der Waals surface area contributed by atoms with Crippen molar-refractivity contribution in [3.63, 3.8) is 0 Å². The molecule has 1 aliphatic carbocycles. The first-order valence-corrected chi connectivity index (χ1v) is 6.66. The molecular formula is C13H16N4O3. The van der Waals surface area contributed by atoms with Crippen LogP contribution in [0.15, 0.2) is 16.7 Å². The summed E-state index contributed by atoms with van der Waals surface area (Å²) >= 11 is 0. The van der Waals surface area contributed by atoms with Gasteiger partial charge in [-0.1, -0.05) is 12.8 Å². The van der Waals surface area contributed by atoms with E-state index in [0.717, 1.165) is 18.4 Å². The van der Waals surface area contributed by atoms with Crippen LogP contribution in [0.5, 0.6) is 0 Å². The van der Waals surface area contributed by atoms with Crippen LogP contribution in [0.3, 0.4) is 0 Å². The van der Waals surface area contributed by atoms with Gasteiger partial charge in [-0.05, 0) is 41.8 Å². The third-order valence-corrected chi connectivity index (χ3v) is 4.06. The van der Waals surface area contributed by atoms with Gasteiger partial charge in [0.05, 0.1) is 18.2 Å². The largest absolute Gasteiger partial charge is 0.481 e. The number of rotatable bonds is 4. The minimum atomic E-state index is -0.771. The number of nitrogens with zero attached hydrogens (tertiary/aromatic N) is 4. The molecule has 0 saturated heterocycles. The number of furan rings is 1. The Kier molecular flexibility index (Phi) is 3.04. The number of aryl methyl sites for hydroxylation is 1. The van der Waals surface area contributed by atoms with E-state index < -0.39 is 11.4 Å². The Morgan fingerprint density at radius 1 is 1.50 bits per heavy atom. The van der Waals surface area contributed by atoms with Gasteiger partial charge in [-0.3, -0.25) is 4.79 Å². The third-order valence-electron chi connectivity index (χ3n) is 4.06. The van der Waals surface area contributed by atoms with Gasteiger partial charge in [-0.15, -0.1) is 5.10 Å². The van der Waals surface area contributed by atoms with E-state index in [-0.39, 0.29) is 6.54 Å². The Morgan fingerprint density at radius 3 is 2.85 bits per heavy atom. The van der Waals surface area contributed by atoms with Crippen molar-refractivity contribution in [3.05, 3.63) is 17.9 Å². The van der Waals surface area contributed by atoms with Crippen LogP contribution in [0.2, 0.25) is 0 Å². The molecule has 3 rings (SSSR count). The second-order valence-corrected chi connectivity index (χ2v) is 5.39. The van der Waals surface area contributed by atoms with Gasteiger partial charge in [0, 0.05) is 0 Å². The number of carbonyl (C=O) groups is 1. The molecule has 1 fully saturated rings. The minimum Gasteiger partial charge on any atom is -0.481 e. The summed E-state index contributed by atoms with van der Waals surface area (Å²) in [5, 5.41) is 21.1. The molecule has 1 N–H and O–H groups in total. The van der Waals surface area contributed by atoms with Gasteiger partial charge in [-0.2, -0.15) is 0 Å². The molecule has 0 atom stereocenters. The van der Waals surface area contributed by atoms with E-state index in [1.807, 2.05) is 13.0 Å². The molecule has 0 amide bonds. The Balaban J connectivity index is 1.94. The molecule has 1 aliphatic rings. The summed E-state index contributed by atoms with van der Waals surface area (Å²) in [6.07, 6.45) is 4.77. The van der Waals surface area contributed by atoms with Crippen molar-refractivity contribution in [3.8, 4) is 11.6 Å². The lowest BCUT2D eigenvalue weighted by Gasteiger charge is -2.23. The van der Waals surface area contributed by atoms with E-state index in [0.29, 0.717) is 24.4 Å². The molecule has 7 nitrogen and oxygen atoms in total. The average molecular weight is 276 g/mol. The highest BCUT2D eigenvalue weighted by Crippen LogP contribution is 2.40. The van der Waals surface area contributed by atoms with Gasteiger partial charge in [0.2, 0.25) is 5.82 Å². The summed E-state index contributed by atoms with van der Waals surface area (Å²) < 4.78 is 6.94. The smallest absolute Gasteiger partial charge is 0.311 e. The Hall–Kier alpha value is -2.18. The molecule has 0 radical (unpaired) electrons. The van der Waals surface area contributed by atoms with Crippen LogP contribution in [0.4, 0.5) is 0 Å². The molecular weight excluding hydrogens is 260 g/mol. The van der Waals surface area contributed by atoms with Crippen molar-refractivity contribution in [2.75, 3.05) is 0 Å². The van der Waals surface area contributed by atoms with Crippen molar-refractivity contribution in [2.24, 2.45) is 5.41 Å². The molecule has 0 aromatic carbocycles. The minimum absolute atomic E-state index is 0.283. The molecule has 1 saturated carbocycles. The van der Waals surface area contributed by atoms with Gasteiger partial charge >= 0.3 is 5.97 Å². The predicted molar refractivity (Wildman–Crippen MR) is 68.8 cm³/mol. The zero-order valence-electron chi connectivity index (χ0n) is 11.2. The van der Waals surface area contributed by atoms with Crippen LogP contribution in [0, 0.1) is 12.3 Å². The molecule has 7 heteroatoms. The van der Waals surface area contributed by atoms with Crippen molar-refractivity contribution in [1.29, 1.82) is 0 Å². The maximum absolute atomic E-state index is 11.6. The van der Waals surface area contributed by atoms with Crippen LogP contribution in [-0.2, 0) is 11.3 Å². The molecule has 106 valence electrons. The highest BCUT2D eigenvalue weighted by atomic mass is 16.4. The first-order valence-electron chi connectivity index (χ1n) is 6.66. The van der Waals surface area contributed by atoms with E-state index in [9.17, 15) is 9.90 Å². The van der Waals surface area contributed by atoms with E-state index in [1.54, 1.807) is 10.9 Å². The fraction of sp³-hybridized carbons (Fsp3) is 0.538. The zero-order chi connectivity index (χ0) is 14.2. The normalized spacial score (nSPS) is 17.4. The molecule has 0 unspecified atom stereocenters. The summed E-state index contributed by atoms with van der Waals surface area (Å²) in [6, 6.07) is 1.83. The maximum Gasteiger partial charge on any atom is 0.311 e. The quantitative estimate of drug-likeness (QED) is 0.916. The lowest BCUT2D eigenvalue weighted by atomic mass is 9.86. The van der Waals surface area contributed by atoms with E-state index in [1.165, 1.54) is 0 Å². The highest BCUT2D eigenvalue weighted by Gasteiger charge is 2.42. The van der Waals surface area contributed by atoms with E-state index in [2.05, 4.69) is 15.5 Å². The van der Waals surface area contributed by atoms with Crippen LogP contribution in [-0.4, -0.2) is 31.3 Å². The lowest BCUT2D eigenvalue weighted by Crippen LogP contribution is -2.33. The first-order chi connectivity index (χ1) is 9.62. The van der Waals surface area contributed by atoms with Gasteiger partial charge in [0.25, 0.3) is 0 Å². The van der Waals surface area contributed by atoms with Gasteiger partial charge in [-0.25, -0.2) is 4.68 Å². The number of aromatic nitrogens is 4. The number of hydrogen-bond donors (Lipinski definition) is 1. The molecule has 2 aromatic rings. The summed E-state index contributed by atoms with van der Waals surface area (Å²) in [6.45, 7) is 2.19. The Bertz CT molecular complexity index is 625. The van der Waals surface area contributed by atoms with Crippen molar-refractivity contribution >= 4 is 5.97 Å². The van der Waals surface area contributed by atoms with Crippen LogP contribution in [0.25, 0.3) is 11.6 Å². The summed E-state index contributed by atoms with van der Waals surface area (Å²) in [5.74, 6) is 0.307. The Labute approximate surface area is 115 Å². The van der Waals surface area contributed by atoms with E-state index >= 15 is 0 Å². The van der Waals surface area contributed by atoms with Gasteiger partial charge in [0.1, 0.15) is 0 Å². The molecule has 0 bridgehead atoms. The van der Waals surface area contributed by atoms with Gasteiger partial charge < -0.3 is 9.52 Å². The second-order valence-electron chi connectivity index (χ2n) is 5.39. The molecule has 0 spiro atoms. The molecule has 2 heterocycles. The third kappa shape index (κ3) is 1.99. The summed E-state index contributed by atoms with van der Waals surface area (Å²) in [7, 11) is 0. The van der Waals surface area contributed by atoms with Gasteiger partial charge in [0.15, 0.2) is 5.76 Å². The van der Waals surface area contributed by atoms with Crippen molar-refractivity contribution in [2.45, 2.75) is 39.2 Å². The predicted octanol–water partition coefficient (Wildman–Crippen LogP) is 1.89. The number of aliphatic carboxylic acids is 1. The van der Waals surface area contributed by atoms with Crippen molar-refractivity contribution < 1.29 is 14.3 Å². The molecule has 2 aromatic heterocycles. The lowest BCUT2D eigenvalue weighted by molar-refractivity contribution is -0.149. The number of tetrazole rings is 1.